The van der Waals surface area contributed by atoms with E-state index in [2.05, 4.69) is 64.2 Å². The topological polar surface area (TPSA) is 43.2 Å². The van der Waals surface area contributed by atoms with Crippen LogP contribution in [0.15, 0.2) is 40.9 Å². The van der Waals surface area contributed by atoms with Crippen molar-refractivity contribution in [2.24, 2.45) is 7.05 Å². The highest BCUT2D eigenvalue weighted by Gasteiger charge is 2.26. The summed E-state index contributed by atoms with van der Waals surface area (Å²) < 4.78 is 1.75. The number of H-pyrrole nitrogens is 1. The Bertz CT molecular complexity index is 913. The van der Waals surface area contributed by atoms with Gasteiger partial charge in [-0.2, -0.15) is 4.57 Å². The number of hydrogen-bond acceptors (Lipinski definition) is 3. The standard InChI is InChI=1S/C21H28N4O/c1-4-10-17(5-2)24-13-15-25(16-14-24)20-18-11-8-6-7-9-12-19(18)22-21(26)23(20)3/h4-6,8,10-12H,7,9,13-16H2,1-3H3/p+1. The van der Waals surface area contributed by atoms with Crippen LogP contribution < -0.4 is 25.7 Å². The third-order valence-electron chi connectivity index (χ3n) is 5.05. The summed E-state index contributed by atoms with van der Waals surface area (Å²) in [5, 5.41) is 2.05. The van der Waals surface area contributed by atoms with Crippen LogP contribution in [0.25, 0.3) is 12.2 Å². The molecule has 26 heavy (non-hydrogen) atoms. The van der Waals surface area contributed by atoms with E-state index in [0.717, 1.165) is 55.4 Å². The van der Waals surface area contributed by atoms with Gasteiger partial charge in [-0.1, -0.05) is 24.3 Å². The first-order chi connectivity index (χ1) is 12.7. The summed E-state index contributed by atoms with van der Waals surface area (Å²) in [6, 6.07) is 0. The summed E-state index contributed by atoms with van der Waals surface area (Å²) in [6.07, 6.45) is 16.9. The van der Waals surface area contributed by atoms with Gasteiger partial charge >= 0.3 is 5.69 Å². The normalized spacial score (nSPS) is 18.2. The second kappa shape index (κ2) is 8.21. The van der Waals surface area contributed by atoms with Crippen LogP contribution in [0.1, 0.15) is 26.7 Å². The van der Waals surface area contributed by atoms with Gasteiger partial charge < -0.3 is 4.90 Å². The lowest BCUT2D eigenvalue weighted by atomic mass is 10.2. The SMILES string of the molecule is CC=CC(=CC)N1CCN(c2c3c([nH]c(=O)[n+]2C)=CCCC=CC=3)CC1. The molecular weight excluding hydrogens is 324 g/mol. The lowest BCUT2D eigenvalue weighted by Gasteiger charge is -2.35. The molecule has 0 unspecified atom stereocenters. The van der Waals surface area contributed by atoms with Crippen LogP contribution in [-0.4, -0.2) is 36.1 Å². The summed E-state index contributed by atoms with van der Waals surface area (Å²) >= 11 is 0. The monoisotopic (exact) mass is 353 g/mol. The van der Waals surface area contributed by atoms with Crippen LogP contribution in [0.3, 0.4) is 0 Å². The molecule has 2 heterocycles. The molecule has 5 heteroatoms. The Morgan fingerprint density at radius 3 is 2.65 bits per heavy atom. The average molecular weight is 353 g/mol. The molecule has 0 atom stereocenters. The lowest BCUT2D eigenvalue weighted by Crippen LogP contribution is -2.62. The minimum Gasteiger partial charge on any atom is -0.365 e. The zero-order valence-corrected chi connectivity index (χ0v) is 16.0. The molecule has 2 aliphatic rings. The molecule has 0 radical (unpaired) electrons. The van der Waals surface area contributed by atoms with E-state index in [1.54, 1.807) is 4.57 Å². The van der Waals surface area contributed by atoms with Gasteiger partial charge in [0.25, 0.3) is 0 Å². The molecule has 0 bridgehead atoms. The number of nitrogens with one attached hydrogen (secondary N) is 1. The molecule has 138 valence electrons. The first-order valence-corrected chi connectivity index (χ1v) is 9.44. The fourth-order valence-corrected chi connectivity index (χ4v) is 3.69. The molecule has 3 rings (SSSR count). The summed E-state index contributed by atoms with van der Waals surface area (Å²) in [5.41, 5.74) is 1.21. The van der Waals surface area contributed by atoms with Gasteiger partial charge in [0.05, 0.1) is 25.4 Å². The summed E-state index contributed by atoms with van der Waals surface area (Å²) in [4.78, 5) is 20.2. The summed E-state index contributed by atoms with van der Waals surface area (Å²) in [6.45, 7) is 7.83. The Morgan fingerprint density at radius 1 is 1.19 bits per heavy atom. The van der Waals surface area contributed by atoms with E-state index in [9.17, 15) is 4.79 Å². The molecular formula is C21H29N4O+. The van der Waals surface area contributed by atoms with Gasteiger partial charge in [0.1, 0.15) is 5.35 Å². The molecule has 0 amide bonds. The van der Waals surface area contributed by atoms with E-state index in [1.807, 2.05) is 14.0 Å². The third kappa shape index (κ3) is 3.66. The number of anilines is 1. The Kier molecular flexibility index (Phi) is 5.76. The summed E-state index contributed by atoms with van der Waals surface area (Å²) in [5.74, 6) is 1.01. The number of aromatic nitrogens is 2. The van der Waals surface area contributed by atoms with Crippen molar-refractivity contribution in [1.82, 2.24) is 9.88 Å². The first-order valence-electron chi connectivity index (χ1n) is 9.44. The van der Waals surface area contributed by atoms with Crippen LogP contribution >= 0.6 is 0 Å². The largest absolute Gasteiger partial charge is 0.441 e. The van der Waals surface area contributed by atoms with Gasteiger partial charge in [0.2, 0.25) is 5.82 Å². The van der Waals surface area contributed by atoms with Crippen LogP contribution in [-0.2, 0) is 7.05 Å². The predicted molar refractivity (Wildman–Crippen MR) is 107 cm³/mol. The van der Waals surface area contributed by atoms with Gasteiger partial charge in [-0.15, -0.1) is 0 Å². The Hall–Kier alpha value is -2.56. The van der Waals surface area contributed by atoms with Crippen LogP contribution in [0, 0.1) is 0 Å². The van der Waals surface area contributed by atoms with Crippen molar-refractivity contribution in [2.45, 2.75) is 26.7 Å². The highest BCUT2D eigenvalue weighted by atomic mass is 16.1. The molecule has 1 N–H and O–H groups in total. The number of rotatable bonds is 3. The van der Waals surface area contributed by atoms with Crippen molar-refractivity contribution in [2.75, 3.05) is 31.1 Å². The fraction of sp³-hybridized carbons (Fsp3) is 0.429. The maximum atomic E-state index is 12.5. The van der Waals surface area contributed by atoms with Crippen molar-refractivity contribution in [1.29, 1.82) is 0 Å². The van der Waals surface area contributed by atoms with Crippen molar-refractivity contribution < 1.29 is 4.57 Å². The zero-order valence-electron chi connectivity index (χ0n) is 16.0. The highest BCUT2D eigenvalue weighted by molar-refractivity contribution is 5.49. The number of piperazine rings is 1. The van der Waals surface area contributed by atoms with E-state index >= 15 is 0 Å². The van der Waals surface area contributed by atoms with E-state index in [-0.39, 0.29) is 5.69 Å². The zero-order chi connectivity index (χ0) is 18.5. The van der Waals surface area contributed by atoms with E-state index < -0.39 is 0 Å². The molecule has 5 nitrogen and oxygen atoms in total. The van der Waals surface area contributed by atoms with E-state index in [1.165, 1.54) is 5.70 Å². The molecule has 1 saturated heterocycles. The van der Waals surface area contributed by atoms with Gasteiger partial charge in [-0.25, -0.2) is 9.78 Å². The average Bonchev–Trinajstić information content (AvgIpc) is 2.64. The predicted octanol–water partition coefficient (Wildman–Crippen LogP) is 0.712. The second-order valence-corrected chi connectivity index (χ2v) is 6.70. The Balaban J connectivity index is 1.97. The molecule has 1 aliphatic heterocycles. The highest BCUT2D eigenvalue weighted by Crippen LogP contribution is 2.13. The maximum Gasteiger partial charge on any atom is 0.441 e. The molecule has 1 aliphatic carbocycles. The smallest absolute Gasteiger partial charge is 0.365 e. The number of hydrogen-bond donors (Lipinski definition) is 1. The molecule has 0 saturated carbocycles. The Morgan fingerprint density at radius 2 is 1.96 bits per heavy atom. The fourth-order valence-electron chi connectivity index (χ4n) is 3.69. The van der Waals surface area contributed by atoms with Gasteiger partial charge in [-0.05, 0) is 44.9 Å². The molecule has 1 aromatic heterocycles. The van der Waals surface area contributed by atoms with E-state index in [0.29, 0.717) is 0 Å². The quantitative estimate of drug-likeness (QED) is 0.643. The Labute approximate surface area is 155 Å². The first kappa shape index (κ1) is 18.2. The molecule has 1 aromatic rings. The van der Waals surface area contributed by atoms with Crippen LogP contribution in [0.4, 0.5) is 5.82 Å². The maximum absolute atomic E-state index is 12.5. The second-order valence-electron chi connectivity index (χ2n) is 6.70. The van der Waals surface area contributed by atoms with Crippen molar-refractivity contribution in [3.63, 3.8) is 0 Å². The number of fused-ring (bicyclic) bond motifs is 1. The van der Waals surface area contributed by atoms with Gasteiger partial charge in [0.15, 0.2) is 0 Å². The lowest BCUT2D eigenvalue weighted by molar-refractivity contribution is -0.677. The molecule has 0 spiro atoms. The number of nitrogens with zero attached hydrogens (tertiary/aromatic N) is 3. The van der Waals surface area contributed by atoms with Gasteiger partial charge in [-0.3, -0.25) is 4.90 Å². The molecule has 0 aromatic carbocycles. The van der Waals surface area contributed by atoms with Crippen molar-refractivity contribution in [3.05, 3.63) is 57.1 Å². The van der Waals surface area contributed by atoms with Crippen molar-refractivity contribution in [3.8, 4) is 0 Å². The summed E-state index contributed by atoms with van der Waals surface area (Å²) in [7, 11) is 1.86. The minimum absolute atomic E-state index is 0.0570. The van der Waals surface area contributed by atoms with E-state index in [4.69, 9.17) is 0 Å². The van der Waals surface area contributed by atoms with Crippen molar-refractivity contribution >= 4 is 18.0 Å². The minimum atomic E-state index is -0.0570. The number of allylic oxidation sites excluding steroid dienone is 5. The van der Waals surface area contributed by atoms with Gasteiger partial charge in [0, 0.05) is 18.8 Å². The van der Waals surface area contributed by atoms with Crippen LogP contribution in [0.2, 0.25) is 0 Å². The third-order valence-corrected chi connectivity index (χ3v) is 5.05. The number of aromatic amines is 1. The van der Waals surface area contributed by atoms with Crippen LogP contribution in [0.5, 0.6) is 0 Å². The molecule has 1 fully saturated rings.